The number of nitrogens with one attached hydrogen (secondary N) is 1. The molecule has 2 aromatic rings. The summed E-state index contributed by atoms with van der Waals surface area (Å²) in [4.78, 5) is 7.97. The van der Waals surface area contributed by atoms with Crippen LogP contribution in [0.25, 0.3) is 0 Å². The third kappa shape index (κ3) is 2.90. The number of hydrogen-bond acceptors (Lipinski definition) is 6. The number of hydrogen-bond donors (Lipinski definition) is 3. The van der Waals surface area contributed by atoms with E-state index < -0.39 is 0 Å². The summed E-state index contributed by atoms with van der Waals surface area (Å²) in [6, 6.07) is 7.09. The zero-order chi connectivity index (χ0) is 12.1. The highest BCUT2D eigenvalue weighted by atomic mass is 16.5. The summed E-state index contributed by atoms with van der Waals surface area (Å²) in [7, 11) is 0. The molecule has 1 aromatic carbocycles. The standard InChI is InChI=1S/C11H12N4O2/c12-15-10-5-13-6-11(14-10)17-9-3-1-2-8(4-9)7-16/h1-6,16H,7,12H2,(H,14,15). The van der Waals surface area contributed by atoms with Crippen LogP contribution in [-0.2, 0) is 6.61 Å². The number of nitrogens with zero attached hydrogens (tertiary/aromatic N) is 2. The molecule has 6 heteroatoms. The van der Waals surface area contributed by atoms with Gasteiger partial charge in [-0.15, -0.1) is 0 Å². The van der Waals surface area contributed by atoms with Crippen LogP contribution in [0.15, 0.2) is 36.7 Å². The largest absolute Gasteiger partial charge is 0.437 e. The number of ether oxygens (including phenoxy) is 1. The SMILES string of the molecule is NNc1cncc(Oc2cccc(CO)c2)n1. The van der Waals surface area contributed by atoms with Gasteiger partial charge in [0.25, 0.3) is 0 Å². The first-order valence-electron chi connectivity index (χ1n) is 4.98. The molecule has 0 aliphatic heterocycles. The number of benzene rings is 1. The molecule has 1 heterocycles. The second kappa shape index (κ2) is 5.24. The molecule has 1 aromatic heterocycles. The minimum absolute atomic E-state index is 0.0345. The van der Waals surface area contributed by atoms with Crippen LogP contribution in [-0.4, -0.2) is 15.1 Å². The molecule has 0 atom stereocenters. The van der Waals surface area contributed by atoms with Crippen LogP contribution in [0, 0.1) is 0 Å². The Morgan fingerprint density at radius 2 is 2.24 bits per heavy atom. The maximum absolute atomic E-state index is 9.00. The van der Waals surface area contributed by atoms with Gasteiger partial charge in [-0.2, -0.15) is 4.98 Å². The van der Waals surface area contributed by atoms with Crippen LogP contribution in [0.1, 0.15) is 5.56 Å². The fraction of sp³-hybridized carbons (Fsp3) is 0.0909. The quantitative estimate of drug-likeness (QED) is 0.539. The summed E-state index contributed by atoms with van der Waals surface area (Å²) in [5.41, 5.74) is 3.15. The molecule has 0 bridgehead atoms. The lowest BCUT2D eigenvalue weighted by molar-refractivity contribution is 0.281. The van der Waals surface area contributed by atoms with Crippen molar-refractivity contribution < 1.29 is 9.84 Å². The molecular formula is C11H12N4O2. The summed E-state index contributed by atoms with van der Waals surface area (Å²) in [6.07, 6.45) is 2.96. The van der Waals surface area contributed by atoms with E-state index in [1.165, 1.54) is 12.4 Å². The molecule has 0 fully saturated rings. The van der Waals surface area contributed by atoms with Crippen molar-refractivity contribution in [1.82, 2.24) is 9.97 Å². The highest BCUT2D eigenvalue weighted by molar-refractivity contribution is 5.34. The van der Waals surface area contributed by atoms with E-state index >= 15 is 0 Å². The summed E-state index contributed by atoms with van der Waals surface area (Å²) < 4.78 is 5.48. The van der Waals surface area contributed by atoms with Crippen molar-refractivity contribution >= 4 is 5.82 Å². The number of aliphatic hydroxyl groups is 1. The molecule has 0 amide bonds. The average Bonchev–Trinajstić information content (AvgIpc) is 2.39. The van der Waals surface area contributed by atoms with E-state index in [4.69, 9.17) is 15.7 Å². The first-order valence-corrected chi connectivity index (χ1v) is 4.98. The lowest BCUT2D eigenvalue weighted by Gasteiger charge is -2.06. The fourth-order valence-electron chi connectivity index (χ4n) is 1.29. The van der Waals surface area contributed by atoms with Crippen LogP contribution in [0.4, 0.5) is 5.82 Å². The fourth-order valence-corrected chi connectivity index (χ4v) is 1.29. The van der Waals surface area contributed by atoms with Gasteiger partial charge in [0.05, 0.1) is 19.0 Å². The minimum Gasteiger partial charge on any atom is -0.437 e. The third-order valence-electron chi connectivity index (χ3n) is 2.06. The molecule has 6 nitrogen and oxygen atoms in total. The summed E-state index contributed by atoms with van der Waals surface area (Å²) in [5.74, 6) is 6.55. The molecule has 0 spiro atoms. The van der Waals surface area contributed by atoms with Crippen LogP contribution in [0.2, 0.25) is 0 Å². The number of aliphatic hydroxyl groups excluding tert-OH is 1. The van der Waals surface area contributed by atoms with Crippen molar-refractivity contribution in [2.75, 3.05) is 5.43 Å². The number of anilines is 1. The Hall–Kier alpha value is -2.18. The van der Waals surface area contributed by atoms with Crippen molar-refractivity contribution in [3.8, 4) is 11.6 Å². The molecule has 4 N–H and O–H groups in total. The third-order valence-corrected chi connectivity index (χ3v) is 2.06. The Morgan fingerprint density at radius 1 is 1.35 bits per heavy atom. The highest BCUT2D eigenvalue weighted by Crippen LogP contribution is 2.20. The Balaban J connectivity index is 2.18. The molecule has 0 aliphatic rings. The van der Waals surface area contributed by atoms with E-state index in [0.717, 1.165) is 5.56 Å². The predicted octanol–water partition coefficient (Wildman–Crippen LogP) is 1.05. The maximum Gasteiger partial charge on any atom is 0.239 e. The molecule has 88 valence electrons. The first kappa shape index (κ1) is 11.3. The molecule has 0 saturated heterocycles. The van der Waals surface area contributed by atoms with Gasteiger partial charge < -0.3 is 15.3 Å². The van der Waals surface area contributed by atoms with Gasteiger partial charge in [0.2, 0.25) is 5.88 Å². The van der Waals surface area contributed by atoms with E-state index in [1.54, 1.807) is 24.3 Å². The Morgan fingerprint density at radius 3 is 3.00 bits per heavy atom. The number of rotatable bonds is 4. The van der Waals surface area contributed by atoms with Crippen molar-refractivity contribution in [3.63, 3.8) is 0 Å². The lowest BCUT2D eigenvalue weighted by atomic mass is 10.2. The van der Waals surface area contributed by atoms with Crippen LogP contribution < -0.4 is 16.0 Å². The smallest absolute Gasteiger partial charge is 0.239 e. The van der Waals surface area contributed by atoms with E-state index in [9.17, 15) is 0 Å². The molecule has 0 unspecified atom stereocenters. The van der Waals surface area contributed by atoms with Gasteiger partial charge in [0, 0.05) is 0 Å². The second-order valence-electron chi connectivity index (χ2n) is 3.29. The molecule has 17 heavy (non-hydrogen) atoms. The van der Waals surface area contributed by atoms with Crippen molar-refractivity contribution in [3.05, 3.63) is 42.2 Å². The van der Waals surface area contributed by atoms with Gasteiger partial charge in [-0.25, -0.2) is 5.84 Å². The monoisotopic (exact) mass is 232 g/mol. The van der Waals surface area contributed by atoms with Crippen molar-refractivity contribution in [2.24, 2.45) is 5.84 Å². The van der Waals surface area contributed by atoms with E-state index in [1.807, 2.05) is 0 Å². The topological polar surface area (TPSA) is 93.3 Å². The summed E-state index contributed by atoms with van der Waals surface area (Å²) >= 11 is 0. The van der Waals surface area contributed by atoms with Gasteiger partial charge in [0.15, 0.2) is 5.82 Å². The normalized spacial score (nSPS) is 10.0. The zero-order valence-corrected chi connectivity index (χ0v) is 9.00. The van der Waals surface area contributed by atoms with Crippen molar-refractivity contribution in [1.29, 1.82) is 0 Å². The molecule has 0 aliphatic carbocycles. The van der Waals surface area contributed by atoms with Crippen LogP contribution >= 0.6 is 0 Å². The van der Waals surface area contributed by atoms with Crippen LogP contribution in [0.5, 0.6) is 11.6 Å². The van der Waals surface area contributed by atoms with E-state index in [0.29, 0.717) is 17.4 Å². The number of nitrogens with two attached hydrogens (primary N) is 1. The average molecular weight is 232 g/mol. The van der Waals surface area contributed by atoms with Gasteiger partial charge >= 0.3 is 0 Å². The minimum atomic E-state index is -0.0345. The van der Waals surface area contributed by atoms with Gasteiger partial charge in [-0.05, 0) is 17.7 Å². The van der Waals surface area contributed by atoms with Crippen molar-refractivity contribution in [2.45, 2.75) is 6.61 Å². The first-order chi connectivity index (χ1) is 8.31. The van der Waals surface area contributed by atoms with Gasteiger partial charge in [-0.3, -0.25) is 4.98 Å². The second-order valence-corrected chi connectivity index (χ2v) is 3.29. The number of hydrazine groups is 1. The Kier molecular flexibility index (Phi) is 3.49. The summed E-state index contributed by atoms with van der Waals surface area (Å²) in [5, 5.41) is 9.00. The lowest BCUT2D eigenvalue weighted by Crippen LogP contribution is -2.09. The zero-order valence-electron chi connectivity index (χ0n) is 9.00. The number of nitrogen functional groups attached to an aromatic ring is 1. The Labute approximate surface area is 98.1 Å². The highest BCUT2D eigenvalue weighted by Gasteiger charge is 2.01. The summed E-state index contributed by atoms with van der Waals surface area (Å²) in [6.45, 7) is -0.0345. The Bertz CT molecular complexity index is 459. The van der Waals surface area contributed by atoms with Crippen LogP contribution in [0.3, 0.4) is 0 Å². The molecular weight excluding hydrogens is 220 g/mol. The van der Waals surface area contributed by atoms with E-state index in [-0.39, 0.29) is 6.61 Å². The van der Waals surface area contributed by atoms with E-state index in [2.05, 4.69) is 15.4 Å². The predicted molar refractivity (Wildman–Crippen MR) is 62.3 cm³/mol. The van der Waals surface area contributed by atoms with Gasteiger partial charge in [0.1, 0.15) is 5.75 Å². The maximum atomic E-state index is 9.00. The number of aromatic nitrogens is 2. The van der Waals surface area contributed by atoms with Gasteiger partial charge in [-0.1, -0.05) is 12.1 Å². The molecule has 0 saturated carbocycles. The molecule has 0 radical (unpaired) electrons. The molecule has 2 rings (SSSR count).